The average Bonchev–Trinajstić information content (AvgIpc) is 3.18. The number of benzene rings is 2. The highest BCUT2D eigenvalue weighted by Crippen LogP contribution is 2.28. The van der Waals surface area contributed by atoms with Crippen molar-refractivity contribution in [3.05, 3.63) is 65.7 Å². The molecule has 0 aromatic heterocycles. The summed E-state index contributed by atoms with van der Waals surface area (Å²) in [6.45, 7) is 2.99. The Hall–Kier alpha value is -3.35. The first-order valence-corrected chi connectivity index (χ1v) is 10.0. The van der Waals surface area contributed by atoms with Crippen LogP contribution in [0.5, 0.6) is 5.75 Å². The molecule has 7 heteroatoms. The number of likely N-dealkylation sites (tertiary alicyclic amines) is 1. The number of rotatable bonds is 8. The van der Waals surface area contributed by atoms with Crippen LogP contribution in [0, 0.1) is 5.92 Å². The predicted molar refractivity (Wildman–Crippen MR) is 113 cm³/mol. The van der Waals surface area contributed by atoms with E-state index >= 15 is 0 Å². The van der Waals surface area contributed by atoms with Crippen molar-refractivity contribution in [2.75, 3.05) is 26.7 Å². The number of hydrogen-bond donors (Lipinski definition) is 2. The van der Waals surface area contributed by atoms with Crippen molar-refractivity contribution in [2.24, 2.45) is 5.92 Å². The topological polar surface area (TPSA) is 87.7 Å². The van der Waals surface area contributed by atoms with E-state index in [9.17, 15) is 14.4 Å². The number of carbonyl (C=O) groups excluding carboxylic acids is 3. The lowest BCUT2D eigenvalue weighted by atomic mass is 10.1. The predicted octanol–water partition coefficient (Wildman–Crippen LogP) is 2.15. The fraction of sp³-hybridized carbons (Fsp3) is 0.348. The summed E-state index contributed by atoms with van der Waals surface area (Å²) in [5.74, 6) is -0.0866. The molecule has 2 N–H and O–H groups in total. The maximum absolute atomic E-state index is 12.5. The highest BCUT2D eigenvalue weighted by atomic mass is 16.5. The Morgan fingerprint density at radius 1 is 1.07 bits per heavy atom. The second-order valence-corrected chi connectivity index (χ2v) is 7.31. The van der Waals surface area contributed by atoms with Crippen LogP contribution in [0.4, 0.5) is 0 Å². The molecule has 1 heterocycles. The normalized spacial score (nSPS) is 16.8. The number of carbonyl (C=O) groups is 3. The van der Waals surface area contributed by atoms with E-state index in [0.717, 1.165) is 5.56 Å². The molecule has 3 amide bonds. The van der Waals surface area contributed by atoms with Gasteiger partial charge >= 0.3 is 0 Å². The molecule has 0 spiro atoms. The first-order chi connectivity index (χ1) is 14.5. The van der Waals surface area contributed by atoms with E-state index in [1.807, 2.05) is 37.3 Å². The van der Waals surface area contributed by atoms with Crippen molar-refractivity contribution in [1.82, 2.24) is 15.5 Å². The van der Waals surface area contributed by atoms with Crippen molar-refractivity contribution in [3.63, 3.8) is 0 Å². The molecule has 2 unspecified atom stereocenters. The van der Waals surface area contributed by atoms with Crippen LogP contribution in [0.15, 0.2) is 54.6 Å². The molecule has 30 heavy (non-hydrogen) atoms. The van der Waals surface area contributed by atoms with Gasteiger partial charge in [-0.05, 0) is 36.8 Å². The highest BCUT2D eigenvalue weighted by molar-refractivity contribution is 5.94. The number of amides is 3. The van der Waals surface area contributed by atoms with Crippen molar-refractivity contribution < 1.29 is 19.1 Å². The molecule has 0 saturated carbocycles. The summed E-state index contributed by atoms with van der Waals surface area (Å²) in [5, 5.41) is 5.58. The van der Waals surface area contributed by atoms with Gasteiger partial charge in [-0.3, -0.25) is 14.4 Å². The van der Waals surface area contributed by atoms with Crippen molar-refractivity contribution in [3.8, 4) is 5.75 Å². The monoisotopic (exact) mass is 409 g/mol. The minimum Gasteiger partial charge on any atom is -0.497 e. The lowest BCUT2D eigenvalue weighted by molar-refractivity contribution is -0.130. The van der Waals surface area contributed by atoms with Crippen LogP contribution in [0.3, 0.4) is 0 Å². The quantitative estimate of drug-likeness (QED) is 0.654. The zero-order chi connectivity index (χ0) is 21.5. The molecule has 2 aromatic rings. The van der Waals surface area contributed by atoms with E-state index in [-0.39, 0.29) is 36.1 Å². The molecule has 2 atom stereocenters. The molecule has 3 rings (SSSR count). The van der Waals surface area contributed by atoms with E-state index in [2.05, 4.69) is 10.6 Å². The molecule has 2 aromatic carbocycles. The van der Waals surface area contributed by atoms with Gasteiger partial charge in [-0.1, -0.05) is 30.3 Å². The number of nitrogens with one attached hydrogen (secondary N) is 2. The van der Waals surface area contributed by atoms with E-state index in [4.69, 9.17) is 4.74 Å². The molecular formula is C23H27N3O4. The molecule has 1 aliphatic heterocycles. The van der Waals surface area contributed by atoms with Gasteiger partial charge in [0.25, 0.3) is 5.91 Å². The maximum Gasteiger partial charge on any atom is 0.251 e. The smallest absolute Gasteiger partial charge is 0.251 e. The van der Waals surface area contributed by atoms with E-state index in [1.165, 1.54) is 0 Å². The van der Waals surface area contributed by atoms with Crippen LogP contribution in [0.1, 0.15) is 35.3 Å². The third kappa shape index (κ3) is 5.17. The van der Waals surface area contributed by atoms with Crippen LogP contribution < -0.4 is 15.4 Å². The van der Waals surface area contributed by atoms with Gasteiger partial charge in [-0.2, -0.15) is 0 Å². The van der Waals surface area contributed by atoms with Gasteiger partial charge in [0, 0.05) is 31.6 Å². The van der Waals surface area contributed by atoms with Crippen LogP contribution in [-0.2, 0) is 9.59 Å². The van der Waals surface area contributed by atoms with Gasteiger partial charge in [0.2, 0.25) is 11.8 Å². The van der Waals surface area contributed by atoms with E-state index in [0.29, 0.717) is 30.9 Å². The molecular weight excluding hydrogens is 382 g/mol. The Morgan fingerprint density at radius 3 is 2.40 bits per heavy atom. The SMILES string of the molecule is COc1ccc(C(=O)NCCNC(=O)C2CC(=O)N(C(C)c3ccccc3)C2)cc1. The molecule has 1 saturated heterocycles. The van der Waals surface area contributed by atoms with Crippen molar-refractivity contribution in [2.45, 2.75) is 19.4 Å². The fourth-order valence-corrected chi connectivity index (χ4v) is 3.54. The zero-order valence-corrected chi connectivity index (χ0v) is 17.3. The summed E-state index contributed by atoms with van der Waals surface area (Å²) in [6.07, 6.45) is 0.210. The summed E-state index contributed by atoms with van der Waals surface area (Å²) < 4.78 is 5.07. The maximum atomic E-state index is 12.5. The van der Waals surface area contributed by atoms with Crippen molar-refractivity contribution >= 4 is 17.7 Å². The average molecular weight is 409 g/mol. The Bertz CT molecular complexity index is 883. The van der Waals surface area contributed by atoms with Crippen molar-refractivity contribution in [1.29, 1.82) is 0 Å². The summed E-state index contributed by atoms with van der Waals surface area (Å²) >= 11 is 0. The largest absolute Gasteiger partial charge is 0.497 e. The van der Waals surface area contributed by atoms with E-state index < -0.39 is 0 Å². The van der Waals surface area contributed by atoms with Crippen LogP contribution in [0.2, 0.25) is 0 Å². The van der Waals surface area contributed by atoms with Gasteiger partial charge < -0.3 is 20.3 Å². The third-order valence-corrected chi connectivity index (χ3v) is 5.34. The molecule has 7 nitrogen and oxygen atoms in total. The minimum atomic E-state index is -0.374. The summed E-state index contributed by atoms with van der Waals surface area (Å²) in [6, 6.07) is 16.5. The number of hydrogen-bond acceptors (Lipinski definition) is 4. The Morgan fingerprint density at radius 2 is 1.73 bits per heavy atom. The second-order valence-electron chi connectivity index (χ2n) is 7.31. The van der Waals surface area contributed by atoms with Gasteiger partial charge in [-0.15, -0.1) is 0 Å². The molecule has 0 bridgehead atoms. The Labute approximate surface area is 176 Å². The number of ether oxygens (including phenoxy) is 1. The fourth-order valence-electron chi connectivity index (χ4n) is 3.54. The molecule has 1 aliphatic rings. The minimum absolute atomic E-state index is 0.0145. The van der Waals surface area contributed by atoms with Gasteiger partial charge in [0.15, 0.2) is 0 Å². The summed E-state index contributed by atoms with van der Waals surface area (Å²) in [4.78, 5) is 38.7. The lowest BCUT2D eigenvalue weighted by Gasteiger charge is -2.25. The van der Waals surface area contributed by atoms with Gasteiger partial charge in [0.1, 0.15) is 5.75 Å². The van der Waals surface area contributed by atoms with Crippen LogP contribution in [-0.4, -0.2) is 49.4 Å². The van der Waals surface area contributed by atoms with Gasteiger partial charge in [-0.25, -0.2) is 0 Å². The van der Waals surface area contributed by atoms with Crippen LogP contribution in [0.25, 0.3) is 0 Å². The van der Waals surface area contributed by atoms with Gasteiger partial charge in [0.05, 0.1) is 19.1 Å². The number of nitrogens with zero attached hydrogens (tertiary/aromatic N) is 1. The summed E-state index contributed by atoms with van der Waals surface area (Å²) in [5.41, 5.74) is 1.57. The molecule has 158 valence electrons. The Balaban J connectivity index is 1.43. The second kappa shape index (κ2) is 9.91. The third-order valence-electron chi connectivity index (χ3n) is 5.34. The highest BCUT2D eigenvalue weighted by Gasteiger charge is 2.36. The number of methoxy groups -OCH3 is 1. The first-order valence-electron chi connectivity index (χ1n) is 10.0. The van der Waals surface area contributed by atoms with Crippen LogP contribution >= 0.6 is 0 Å². The first kappa shape index (κ1) is 21.4. The lowest BCUT2D eigenvalue weighted by Crippen LogP contribution is -2.38. The summed E-state index contributed by atoms with van der Waals surface area (Å²) in [7, 11) is 1.57. The Kier molecular flexibility index (Phi) is 7.06. The molecule has 0 aliphatic carbocycles. The standard InChI is InChI=1S/C23H27N3O4/c1-16(17-6-4-3-5-7-17)26-15-19(14-21(26)27)23(29)25-13-12-24-22(28)18-8-10-20(30-2)11-9-18/h3-11,16,19H,12-15H2,1-2H3,(H,24,28)(H,25,29). The zero-order valence-electron chi connectivity index (χ0n) is 17.3. The van der Waals surface area contributed by atoms with E-state index in [1.54, 1.807) is 36.3 Å². The molecule has 0 radical (unpaired) electrons. The molecule has 1 fully saturated rings.